The summed E-state index contributed by atoms with van der Waals surface area (Å²) >= 11 is 0. The molecule has 3 heterocycles. The monoisotopic (exact) mass is 317 g/mol. The number of ether oxygens (including phenoxy) is 1. The van der Waals surface area contributed by atoms with E-state index in [1.807, 2.05) is 0 Å². The lowest BCUT2D eigenvalue weighted by molar-refractivity contribution is 0.0662. The third-order valence-electron chi connectivity index (χ3n) is 3.55. The predicted octanol–water partition coefficient (Wildman–Crippen LogP) is -1.59. The molecule has 1 N–H and O–H groups in total. The largest absolute Gasteiger partial charge is 0.476 e. The summed E-state index contributed by atoms with van der Waals surface area (Å²) in [5, 5.41) is 16.0. The van der Waals surface area contributed by atoms with Crippen molar-refractivity contribution in [2.24, 2.45) is 0 Å². The van der Waals surface area contributed by atoms with Gasteiger partial charge in [0.25, 0.3) is 10.2 Å². The number of morpholine rings is 1. The van der Waals surface area contributed by atoms with Crippen molar-refractivity contribution >= 4 is 16.2 Å². The van der Waals surface area contributed by atoms with Gasteiger partial charge in [-0.15, -0.1) is 5.10 Å². The van der Waals surface area contributed by atoms with Crippen LogP contribution < -0.4 is 0 Å². The number of carboxylic acids is 1. The van der Waals surface area contributed by atoms with Gasteiger partial charge in [-0.2, -0.15) is 17.0 Å². The van der Waals surface area contributed by atoms with Crippen molar-refractivity contribution in [3.05, 3.63) is 11.9 Å². The van der Waals surface area contributed by atoms with E-state index in [9.17, 15) is 13.2 Å². The number of rotatable bonds is 4. The summed E-state index contributed by atoms with van der Waals surface area (Å²) in [6.45, 7) is 2.05. The molecule has 0 unspecified atom stereocenters. The van der Waals surface area contributed by atoms with E-state index < -0.39 is 16.2 Å². The highest BCUT2D eigenvalue weighted by Gasteiger charge is 2.41. The first-order valence-electron chi connectivity index (χ1n) is 6.46. The predicted molar refractivity (Wildman–Crippen MR) is 68.9 cm³/mol. The fourth-order valence-corrected chi connectivity index (χ4v) is 3.92. The highest BCUT2D eigenvalue weighted by molar-refractivity contribution is 7.86. The van der Waals surface area contributed by atoms with Gasteiger partial charge in [0.1, 0.15) is 0 Å². The highest BCUT2D eigenvalue weighted by atomic mass is 32.2. The molecule has 0 spiro atoms. The zero-order valence-electron chi connectivity index (χ0n) is 11.1. The van der Waals surface area contributed by atoms with E-state index in [2.05, 4.69) is 10.3 Å². The quantitative estimate of drug-likeness (QED) is 0.711. The van der Waals surface area contributed by atoms with E-state index in [0.29, 0.717) is 26.3 Å². The molecule has 0 aromatic carbocycles. The molecule has 0 aliphatic carbocycles. The van der Waals surface area contributed by atoms with Crippen molar-refractivity contribution in [2.45, 2.75) is 6.04 Å². The van der Waals surface area contributed by atoms with Crippen LogP contribution in [0.5, 0.6) is 0 Å². The summed E-state index contributed by atoms with van der Waals surface area (Å²) in [7, 11) is -3.47. The third-order valence-corrected chi connectivity index (χ3v) is 5.52. The van der Waals surface area contributed by atoms with Crippen LogP contribution in [-0.2, 0) is 14.9 Å². The van der Waals surface area contributed by atoms with Crippen molar-refractivity contribution < 1.29 is 23.1 Å². The van der Waals surface area contributed by atoms with Crippen LogP contribution in [0.1, 0.15) is 16.5 Å². The summed E-state index contributed by atoms with van der Waals surface area (Å²) in [6, 6.07) is -0.179. The first kappa shape index (κ1) is 14.4. The molecule has 2 saturated heterocycles. The van der Waals surface area contributed by atoms with Crippen molar-refractivity contribution in [1.82, 2.24) is 23.6 Å². The molecule has 2 fully saturated rings. The maximum absolute atomic E-state index is 12.3. The van der Waals surface area contributed by atoms with Gasteiger partial charge in [-0.3, -0.25) is 0 Å². The lowest BCUT2D eigenvalue weighted by atomic mass is 10.2. The number of carbonyl (C=O) groups is 1. The van der Waals surface area contributed by atoms with Gasteiger partial charge in [0.2, 0.25) is 0 Å². The fraction of sp³-hybridized carbons (Fsp3) is 0.700. The number of hydrogen-bond acceptors (Lipinski definition) is 6. The molecule has 116 valence electrons. The Balaban J connectivity index is 1.63. The standard InChI is InChI=1S/C10H15N5O5S/c16-10(17)9-7-15(12-11-9)8-5-14(6-8)21(18,19)13-1-3-20-4-2-13/h7-8H,1-6H2,(H,16,17). The summed E-state index contributed by atoms with van der Waals surface area (Å²) in [5.74, 6) is -1.15. The van der Waals surface area contributed by atoms with E-state index in [-0.39, 0.29) is 24.8 Å². The molecule has 0 amide bonds. The van der Waals surface area contributed by atoms with Crippen LogP contribution in [-0.4, -0.2) is 82.5 Å². The third kappa shape index (κ3) is 2.64. The minimum atomic E-state index is -3.47. The van der Waals surface area contributed by atoms with E-state index in [4.69, 9.17) is 9.84 Å². The molecule has 0 saturated carbocycles. The van der Waals surface area contributed by atoms with Crippen LogP contribution in [0.3, 0.4) is 0 Å². The molecule has 0 radical (unpaired) electrons. The zero-order chi connectivity index (χ0) is 15.0. The number of nitrogens with zero attached hydrogens (tertiary/aromatic N) is 5. The van der Waals surface area contributed by atoms with Gasteiger partial charge in [0, 0.05) is 26.2 Å². The summed E-state index contributed by atoms with van der Waals surface area (Å²) in [6.07, 6.45) is 1.31. The average molecular weight is 317 g/mol. The number of carboxylic acid groups (broad SMARTS) is 1. The molecular weight excluding hydrogens is 302 g/mol. The van der Waals surface area contributed by atoms with Crippen LogP contribution in [0.2, 0.25) is 0 Å². The van der Waals surface area contributed by atoms with Crippen LogP contribution in [0.25, 0.3) is 0 Å². The Morgan fingerprint density at radius 2 is 1.95 bits per heavy atom. The lowest BCUT2D eigenvalue weighted by Gasteiger charge is -2.41. The summed E-state index contributed by atoms with van der Waals surface area (Å²) in [5.41, 5.74) is -0.149. The van der Waals surface area contributed by atoms with Crippen molar-refractivity contribution in [3.63, 3.8) is 0 Å². The van der Waals surface area contributed by atoms with E-state index in [0.717, 1.165) is 0 Å². The van der Waals surface area contributed by atoms with Gasteiger partial charge in [0.15, 0.2) is 5.69 Å². The molecule has 21 heavy (non-hydrogen) atoms. The maximum Gasteiger partial charge on any atom is 0.358 e. The summed E-state index contributed by atoms with van der Waals surface area (Å²) in [4.78, 5) is 10.7. The molecule has 2 aliphatic heterocycles. The first-order valence-corrected chi connectivity index (χ1v) is 7.86. The average Bonchev–Trinajstić information content (AvgIpc) is 2.87. The Morgan fingerprint density at radius 1 is 1.29 bits per heavy atom. The van der Waals surface area contributed by atoms with Gasteiger partial charge in [-0.25, -0.2) is 9.48 Å². The highest BCUT2D eigenvalue weighted by Crippen LogP contribution is 2.25. The molecule has 0 bridgehead atoms. The molecule has 0 atom stereocenters. The molecule has 1 aromatic heterocycles. The lowest BCUT2D eigenvalue weighted by Crippen LogP contribution is -2.57. The number of aromatic nitrogens is 3. The van der Waals surface area contributed by atoms with Crippen LogP contribution in [0.15, 0.2) is 6.20 Å². The van der Waals surface area contributed by atoms with Gasteiger partial charge in [0.05, 0.1) is 25.5 Å². The minimum Gasteiger partial charge on any atom is -0.476 e. The SMILES string of the molecule is O=C(O)c1cn(C2CN(S(=O)(=O)N3CCOCC3)C2)nn1. The topological polar surface area (TPSA) is 118 Å². The fourth-order valence-electron chi connectivity index (χ4n) is 2.27. The Hall–Kier alpha value is -1.56. The van der Waals surface area contributed by atoms with E-state index in [1.165, 1.54) is 19.5 Å². The molecule has 11 heteroatoms. The zero-order valence-corrected chi connectivity index (χ0v) is 11.9. The Bertz CT molecular complexity index is 632. The van der Waals surface area contributed by atoms with Gasteiger partial charge in [-0.05, 0) is 0 Å². The minimum absolute atomic E-state index is 0.149. The molecule has 1 aromatic rings. The van der Waals surface area contributed by atoms with E-state index >= 15 is 0 Å². The van der Waals surface area contributed by atoms with Crippen LogP contribution >= 0.6 is 0 Å². The second kappa shape index (κ2) is 5.33. The summed E-state index contributed by atoms with van der Waals surface area (Å²) < 4.78 is 33.9. The number of hydrogen-bond donors (Lipinski definition) is 1. The first-order chi connectivity index (χ1) is 9.98. The van der Waals surface area contributed by atoms with Gasteiger partial charge in [-0.1, -0.05) is 5.21 Å². The second-order valence-electron chi connectivity index (χ2n) is 4.88. The van der Waals surface area contributed by atoms with Crippen molar-refractivity contribution in [1.29, 1.82) is 0 Å². The van der Waals surface area contributed by atoms with Crippen molar-refractivity contribution in [2.75, 3.05) is 39.4 Å². The van der Waals surface area contributed by atoms with Crippen LogP contribution in [0.4, 0.5) is 0 Å². The molecule has 3 rings (SSSR count). The van der Waals surface area contributed by atoms with Gasteiger partial charge >= 0.3 is 5.97 Å². The Morgan fingerprint density at radius 3 is 2.52 bits per heavy atom. The van der Waals surface area contributed by atoms with Gasteiger partial charge < -0.3 is 9.84 Å². The normalized spacial score (nSPS) is 22.1. The Labute approximate surface area is 121 Å². The molecular formula is C10H15N5O5S. The maximum atomic E-state index is 12.3. The van der Waals surface area contributed by atoms with Crippen LogP contribution in [0, 0.1) is 0 Å². The molecule has 10 nitrogen and oxygen atoms in total. The Kier molecular flexibility index (Phi) is 3.65. The second-order valence-corrected chi connectivity index (χ2v) is 6.81. The molecule has 2 aliphatic rings. The van der Waals surface area contributed by atoms with Crippen molar-refractivity contribution in [3.8, 4) is 0 Å². The van der Waals surface area contributed by atoms with E-state index in [1.54, 1.807) is 0 Å². The smallest absolute Gasteiger partial charge is 0.358 e. The number of aromatic carboxylic acids is 1.